The summed E-state index contributed by atoms with van der Waals surface area (Å²) in [4.78, 5) is 1.78. The van der Waals surface area contributed by atoms with Crippen LogP contribution in [0.4, 0.5) is 10.1 Å². The van der Waals surface area contributed by atoms with Crippen LogP contribution in [-0.2, 0) is 5.54 Å². The Morgan fingerprint density at radius 1 is 1.18 bits per heavy atom. The summed E-state index contributed by atoms with van der Waals surface area (Å²) in [6.07, 6.45) is 5.47. The molecule has 0 heterocycles. The normalized spacial score (nSPS) is 19.1. The van der Waals surface area contributed by atoms with Gasteiger partial charge in [0.25, 0.3) is 0 Å². The smallest absolute Gasteiger partial charge is 0.146 e. The van der Waals surface area contributed by atoms with Gasteiger partial charge in [-0.2, -0.15) is 0 Å². The molecule has 17 heavy (non-hydrogen) atoms. The van der Waals surface area contributed by atoms with Gasteiger partial charge in [0.05, 0.1) is 5.69 Å². The summed E-state index contributed by atoms with van der Waals surface area (Å²) in [6.45, 7) is 0. The Morgan fingerprint density at radius 2 is 1.82 bits per heavy atom. The minimum absolute atomic E-state index is 0.178. The summed E-state index contributed by atoms with van der Waals surface area (Å²) in [6, 6.07) is 5.41. The highest BCUT2D eigenvalue weighted by Gasteiger charge is 2.29. The van der Waals surface area contributed by atoms with Crippen molar-refractivity contribution in [2.45, 2.75) is 37.6 Å². The Balaban J connectivity index is 2.30. The highest BCUT2D eigenvalue weighted by Crippen LogP contribution is 2.36. The zero-order valence-electron chi connectivity index (χ0n) is 10.7. The molecule has 0 radical (unpaired) electrons. The maximum Gasteiger partial charge on any atom is 0.146 e. The molecule has 2 nitrogen and oxygen atoms in total. The number of benzene rings is 1. The van der Waals surface area contributed by atoms with E-state index in [2.05, 4.69) is 0 Å². The van der Waals surface area contributed by atoms with Crippen molar-refractivity contribution in [1.29, 1.82) is 0 Å². The van der Waals surface area contributed by atoms with Gasteiger partial charge in [-0.25, -0.2) is 4.39 Å². The Hall–Kier alpha value is -1.09. The minimum atomic E-state index is -0.316. The Bertz CT molecular complexity index is 395. The third kappa shape index (κ3) is 2.44. The number of anilines is 1. The van der Waals surface area contributed by atoms with E-state index in [1.165, 1.54) is 6.42 Å². The number of nitrogens with two attached hydrogens (primary N) is 1. The lowest BCUT2D eigenvalue weighted by molar-refractivity contribution is 0.301. The molecule has 1 aliphatic carbocycles. The van der Waals surface area contributed by atoms with E-state index in [0.717, 1.165) is 31.2 Å². The van der Waals surface area contributed by atoms with E-state index in [-0.39, 0.29) is 11.4 Å². The number of nitrogens with zero attached hydrogens (tertiary/aromatic N) is 1. The van der Waals surface area contributed by atoms with Crippen LogP contribution >= 0.6 is 0 Å². The van der Waals surface area contributed by atoms with Gasteiger partial charge in [-0.15, -0.1) is 0 Å². The molecule has 1 aromatic carbocycles. The van der Waals surface area contributed by atoms with Crippen LogP contribution < -0.4 is 10.6 Å². The molecule has 1 saturated carbocycles. The summed E-state index contributed by atoms with van der Waals surface area (Å²) in [5.74, 6) is -0.178. The highest BCUT2D eigenvalue weighted by molar-refractivity contribution is 5.48. The third-order valence-electron chi connectivity index (χ3n) is 3.75. The molecule has 1 fully saturated rings. The largest absolute Gasteiger partial charge is 0.375 e. The molecular weight excluding hydrogens is 215 g/mol. The summed E-state index contributed by atoms with van der Waals surface area (Å²) in [5.41, 5.74) is 7.64. The van der Waals surface area contributed by atoms with Gasteiger partial charge in [0.2, 0.25) is 0 Å². The van der Waals surface area contributed by atoms with Crippen molar-refractivity contribution < 1.29 is 4.39 Å². The second-order valence-electron chi connectivity index (χ2n) is 5.28. The van der Waals surface area contributed by atoms with Crippen LogP contribution in [0.15, 0.2) is 18.2 Å². The van der Waals surface area contributed by atoms with Crippen LogP contribution in [0.2, 0.25) is 0 Å². The first-order valence-electron chi connectivity index (χ1n) is 6.29. The molecule has 0 amide bonds. The molecule has 2 rings (SSSR count). The predicted molar refractivity (Wildman–Crippen MR) is 69.7 cm³/mol. The maximum atomic E-state index is 13.9. The zero-order chi connectivity index (χ0) is 12.5. The van der Waals surface area contributed by atoms with E-state index in [1.807, 2.05) is 26.2 Å². The van der Waals surface area contributed by atoms with E-state index < -0.39 is 0 Å². The molecule has 0 spiro atoms. The molecule has 1 aliphatic rings. The Kier molecular flexibility index (Phi) is 3.38. The van der Waals surface area contributed by atoms with Crippen molar-refractivity contribution >= 4 is 5.69 Å². The zero-order valence-corrected chi connectivity index (χ0v) is 10.7. The first kappa shape index (κ1) is 12.4. The predicted octanol–water partition coefficient (Wildman–Crippen LogP) is 3.01. The summed E-state index contributed by atoms with van der Waals surface area (Å²) in [7, 11) is 3.69. The summed E-state index contributed by atoms with van der Waals surface area (Å²) < 4.78 is 13.9. The van der Waals surface area contributed by atoms with Gasteiger partial charge < -0.3 is 10.6 Å². The van der Waals surface area contributed by atoms with Gasteiger partial charge in [-0.1, -0.05) is 25.3 Å². The van der Waals surface area contributed by atoms with Crippen molar-refractivity contribution in [2.24, 2.45) is 5.73 Å². The average molecular weight is 236 g/mol. The maximum absolute atomic E-state index is 13.9. The van der Waals surface area contributed by atoms with Crippen LogP contribution in [-0.4, -0.2) is 14.1 Å². The lowest BCUT2D eigenvalue weighted by Gasteiger charge is -2.34. The fraction of sp³-hybridized carbons (Fsp3) is 0.571. The lowest BCUT2D eigenvalue weighted by atomic mass is 9.77. The van der Waals surface area contributed by atoms with E-state index in [4.69, 9.17) is 5.73 Å². The molecule has 0 atom stereocenters. The van der Waals surface area contributed by atoms with Crippen molar-refractivity contribution in [3.63, 3.8) is 0 Å². The van der Waals surface area contributed by atoms with E-state index in [0.29, 0.717) is 5.69 Å². The van der Waals surface area contributed by atoms with Crippen molar-refractivity contribution in [2.75, 3.05) is 19.0 Å². The molecular formula is C14H21FN2. The summed E-state index contributed by atoms with van der Waals surface area (Å²) in [5, 5.41) is 0. The van der Waals surface area contributed by atoms with Crippen molar-refractivity contribution in [1.82, 2.24) is 0 Å². The van der Waals surface area contributed by atoms with Crippen LogP contribution in [0, 0.1) is 5.82 Å². The first-order chi connectivity index (χ1) is 8.03. The standard InChI is InChI=1S/C14H21FN2/c1-17(2)13-7-6-11(10-12(13)15)14(16)8-4-3-5-9-14/h6-7,10H,3-5,8-9,16H2,1-2H3. The van der Waals surface area contributed by atoms with Crippen LogP contribution in [0.5, 0.6) is 0 Å². The van der Waals surface area contributed by atoms with Gasteiger partial charge in [0, 0.05) is 19.6 Å². The molecule has 0 unspecified atom stereocenters. The van der Waals surface area contributed by atoms with Gasteiger partial charge in [0.1, 0.15) is 5.82 Å². The molecule has 0 aromatic heterocycles. The molecule has 3 heteroatoms. The molecule has 2 N–H and O–H groups in total. The van der Waals surface area contributed by atoms with Crippen molar-refractivity contribution in [3.8, 4) is 0 Å². The monoisotopic (exact) mass is 236 g/mol. The second-order valence-corrected chi connectivity index (χ2v) is 5.28. The fourth-order valence-corrected chi connectivity index (χ4v) is 2.65. The van der Waals surface area contributed by atoms with Crippen molar-refractivity contribution in [3.05, 3.63) is 29.6 Å². The van der Waals surface area contributed by atoms with Crippen LogP contribution in [0.3, 0.4) is 0 Å². The van der Waals surface area contributed by atoms with Crippen LogP contribution in [0.25, 0.3) is 0 Å². The van der Waals surface area contributed by atoms with Gasteiger partial charge >= 0.3 is 0 Å². The quantitative estimate of drug-likeness (QED) is 0.855. The SMILES string of the molecule is CN(C)c1ccc(C2(N)CCCCC2)cc1F. The van der Waals surface area contributed by atoms with E-state index in [1.54, 1.807) is 11.0 Å². The molecule has 0 aliphatic heterocycles. The average Bonchev–Trinajstić information content (AvgIpc) is 2.29. The second kappa shape index (κ2) is 4.65. The number of halogens is 1. The number of hydrogen-bond acceptors (Lipinski definition) is 2. The Labute approximate surface area is 103 Å². The molecule has 94 valence electrons. The molecule has 0 bridgehead atoms. The van der Waals surface area contributed by atoms with Gasteiger partial charge in [0.15, 0.2) is 0 Å². The molecule has 0 saturated heterocycles. The van der Waals surface area contributed by atoms with E-state index >= 15 is 0 Å². The van der Waals surface area contributed by atoms with Gasteiger partial charge in [-0.3, -0.25) is 0 Å². The highest BCUT2D eigenvalue weighted by atomic mass is 19.1. The lowest BCUT2D eigenvalue weighted by Crippen LogP contribution is -2.38. The summed E-state index contributed by atoms with van der Waals surface area (Å²) >= 11 is 0. The number of hydrogen-bond donors (Lipinski definition) is 1. The van der Waals surface area contributed by atoms with Crippen LogP contribution in [0.1, 0.15) is 37.7 Å². The number of rotatable bonds is 2. The third-order valence-corrected chi connectivity index (χ3v) is 3.75. The fourth-order valence-electron chi connectivity index (χ4n) is 2.65. The van der Waals surface area contributed by atoms with E-state index in [9.17, 15) is 4.39 Å². The first-order valence-corrected chi connectivity index (χ1v) is 6.29. The van der Waals surface area contributed by atoms with Gasteiger partial charge in [-0.05, 0) is 30.5 Å². The minimum Gasteiger partial charge on any atom is -0.375 e. The Morgan fingerprint density at radius 3 is 2.35 bits per heavy atom. The molecule has 1 aromatic rings. The topological polar surface area (TPSA) is 29.3 Å².